The summed E-state index contributed by atoms with van der Waals surface area (Å²) in [5, 5.41) is 1.30. The molecule has 0 saturated carbocycles. The number of nitrogens with one attached hydrogen (secondary N) is 1. The van der Waals surface area contributed by atoms with Gasteiger partial charge in [-0.2, -0.15) is 0 Å². The van der Waals surface area contributed by atoms with Crippen LogP contribution in [-0.4, -0.2) is 18.1 Å². The van der Waals surface area contributed by atoms with Gasteiger partial charge >= 0.3 is 0 Å². The smallest absolute Gasteiger partial charge is 0.293 e. The summed E-state index contributed by atoms with van der Waals surface area (Å²) in [4.78, 5) is 12.4. The van der Waals surface area contributed by atoms with Gasteiger partial charge in [0.2, 0.25) is 0 Å². The lowest BCUT2D eigenvalue weighted by atomic mass is 9.86. The third-order valence-electron chi connectivity index (χ3n) is 2.65. The van der Waals surface area contributed by atoms with Crippen molar-refractivity contribution in [2.45, 2.75) is 33.1 Å². The maximum Gasteiger partial charge on any atom is 0.293 e. The van der Waals surface area contributed by atoms with Gasteiger partial charge in [-0.25, -0.2) is 0 Å². The molecule has 1 aromatic carbocycles. The zero-order valence-corrected chi connectivity index (χ0v) is 11.5. The molecule has 1 N–H and O–H groups in total. The summed E-state index contributed by atoms with van der Waals surface area (Å²) < 4.78 is 4.15. The number of aromatic amines is 1. The summed E-state index contributed by atoms with van der Waals surface area (Å²) in [5.41, 5.74) is 2.85. The van der Waals surface area contributed by atoms with Crippen LogP contribution in [0, 0.1) is 0 Å². The van der Waals surface area contributed by atoms with Crippen LogP contribution in [0.4, 0.5) is 0 Å². The Kier molecular flexibility index (Phi) is 4.95. The Hall–Kier alpha value is -1.77. The molecule has 0 spiro atoms. The number of carbonyl (C=O) groups is 1. The quantitative estimate of drug-likeness (QED) is 0.823. The minimum Gasteiger partial charge on any atom is -0.468 e. The third-order valence-corrected chi connectivity index (χ3v) is 2.65. The molecule has 0 saturated heterocycles. The van der Waals surface area contributed by atoms with Crippen LogP contribution in [0.15, 0.2) is 30.5 Å². The number of aromatic nitrogens is 1. The standard InChI is InChI=1S/C12H15N.C3H6O2/c1-12(2,3)10-4-5-11-9(8-10)6-7-13-11;1-2-5-3-4/h4-8,13H,1-3H3;3H,2H2,1H3. The second-order valence-corrected chi connectivity index (χ2v) is 5.08. The van der Waals surface area contributed by atoms with Gasteiger partial charge in [-0.1, -0.05) is 26.8 Å². The lowest BCUT2D eigenvalue weighted by Gasteiger charge is -2.18. The third kappa shape index (κ3) is 3.91. The number of carbonyl (C=O) groups excluding carboxylic acids is 1. The van der Waals surface area contributed by atoms with Crippen LogP contribution in [0.25, 0.3) is 10.9 Å². The van der Waals surface area contributed by atoms with Gasteiger partial charge in [-0.15, -0.1) is 0 Å². The number of rotatable bonds is 2. The zero-order valence-electron chi connectivity index (χ0n) is 11.5. The molecule has 0 aliphatic rings. The van der Waals surface area contributed by atoms with E-state index in [9.17, 15) is 4.79 Å². The van der Waals surface area contributed by atoms with E-state index in [1.807, 2.05) is 6.20 Å². The molecule has 0 aliphatic heterocycles. The Balaban J connectivity index is 0.000000280. The van der Waals surface area contributed by atoms with Gasteiger partial charge in [0.05, 0.1) is 6.61 Å². The molecule has 0 aliphatic carbocycles. The maximum absolute atomic E-state index is 9.18. The lowest BCUT2D eigenvalue weighted by molar-refractivity contribution is -0.128. The Morgan fingerprint density at radius 1 is 1.28 bits per heavy atom. The molecule has 1 heterocycles. The van der Waals surface area contributed by atoms with E-state index in [0.717, 1.165) is 0 Å². The van der Waals surface area contributed by atoms with Crippen molar-refractivity contribution in [2.24, 2.45) is 0 Å². The Bertz CT molecular complexity index is 494. The topological polar surface area (TPSA) is 42.1 Å². The van der Waals surface area contributed by atoms with Crippen molar-refractivity contribution in [2.75, 3.05) is 6.61 Å². The molecule has 0 unspecified atom stereocenters. The molecule has 0 bridgehead atoms. The van der Waals surface area contributed by atoms with Gasteiger partial charge in [0.25, 0.3) is 6.47 Å². The van der Waals surface area contributed by atoms with E-state index in [1.165, 1.54) is 16.5 Å². The number of hydrogen-bond acceptors (Lipinski definition) is 2. The monoisotopic (exact) mass is 247 g/mol. The zero-order chi connectivity index (χ0) is 13.6. The van der Waals surface area contributed by atoms with Gasteiger partial charge in [0.15, 0.2) is 0 Å². The largest absolute Gasteiger partial charge is 0.468 e. The lowest BCUT2D eigenvalue weighted by Crippen LogP contribution is -2.10. The molecular weight excluding hydrogens is 226 g/mol. The molecule has 18 heavy (non-hydrogen) atoms. The molecule has 3 heteroatoms. The van der Waals surface area contributed by atoms with E-state index in [0.29, 0.717) is 13.1 Å². The first-order valence-electron chi connectivity index (χ1n) is 6.12. The van der Waals surface area contributed by atoms with Crippen LogP contribution in [0.5, 0.6) is 0 Å². The number of benzene rings is 1. The summed E-state index contributed by atoms with van der Waals surface area (Å²) in [6.45, 7) is 9.38. The van der Waals surface area contributed by atoms with Crippen molar-refractivity contribution in [3.63, 3.8) is 0 Å². The van der Waals surface area contributed by atoms with Gasteiger partial charge < -0.3 is 9.72 Å². The van der Waals surface area contributed by atoms with E-state index >= 15 is 0 Å². The van der Waals surface area contributed by atoms with Gasteiger partial charge in [0, 0.05) is 11.7 Å². The van der Waals surface area contributed by atoms with Crippen molar-refractivity contribution in [3.05, 3.63) is 36.0 Å². The number of ether oxygens (including phenoxy) is 1. The van der Waals surface area contributed by atoms with Crippen molar-refractivity contribution >= 4 is 17.4 Å². The van der Waals surface area contributed by atoms with E-state index in [4.69, 9.17) is 0 Å². The average molecular weight is 247 g/mol. The van der Waals surface area contributed by atoms with Gasteiger partial charge in [-0.3, -0.25) is 4.79 Å². The molecule has 1 aromatic heterocycles. The molecule has 0 atom stereocenters. The van der Waals surface area contributed by atoms with Crippen molar-refractivity contribution in [1.82, 2.24) is 4.98 Å². The highest BCUT2D eigenvalue weighted by molar-refractivity contribution is 5.80. The number of fused-ring (bicyclic) bond motifs is 1. The van der Waals surface area contributed by atoms with Crippen LogP contribution in [0.3, 0.4) is 0 Å². The molecule has 0 radical (unpaired) electrons. The fraction of sp³-hybridized carbons (Fsp3) is 0.400. The Labute approximate surface area is 108 Å². The fourth-order valence-electron chi connectivity index (χ4n) is 1.59. The highest BCUT2D eigenvalue weighted by Gasteiger charge is 2.13. The van der Waals surface area contributed by atoms with E-state index in [2.05, 4.69) is 54.8 Å². The molecule has 2 rings (SSSR count). The molecule has 3 nitrogen and oxygen atoms in total. The second-order valence-electron chi connectivity index (χ2n) is 5.08. The highest BCUT2D eigenvalue weighted by Crippen LogP contribution is 2.25. The molecule has 2 aromatic rings. The fourth-order valence-corrected chi connectivity index (χ4v) is 1.59. The molecular formula is C15H21NO2. The first-order chi connectivity index (χ1) is 8.49. The molecule has 0 amide bonds. The second kappa shape index (κ2) is 6.24. The van der Waals surface area contributed by atoms with Crippen molar-refractivity contribution < 1.29 is 9.53 Å². The van der Waals surface area contributed by atoms with Gasteiger partial charge in [0.1, 0.15) is 0 Å². The SMILES string of the molecule is CC(C)(C)c1ccc2[nH]ccc2c1.CCOC=O. The van der Waals surface area contributed by atoms with Crippen LogP contribution < -0.4 is 0 Å². The molecule has 98 valence electrons. The van der Waals surface area contributed by atoms with Crippen LogP contribution in [-0.2, 0) is 14.9 Å². The average Bonchev–Trinajstić information content (AvgIpc) is 2.76. The summed E-state index contributed by atoms with van der Waals surface area (Å²) in [5.74, 6) is 0. The Morgan fingerprint density at radius 3 is 2.50 bits per heavy atom. The Morgan fingerprint density at radius 2 is 2.00 bits per heavy atom. The normalized spacial score (nSPS) is 10.7. The maximum atomic E-state index is 9.18. The van der Waals surface area contributed by atoms with Crippen molar-refractivity contribution in [1.29, 1.82) is 0 Å². The minimum atomic E-state index is 0.242. The summed E-state index contributed by atoms with van der Waals surface area (Å²) in [7, 11) is 0. The van der Waals surface area contributed by atoms with Crippen LogP contribution >= 0.6 is 0 Å². The van der Waals surface area contributed by atoms with Gasteiger partial charge in [-0.05, 0) is 41.5 Å². The van der Waals surface area contributed by atoms with Crippen LogP contribution in [0.2, 0.25) is 0 Å². The van der Waals surface area contributed by atoms with E-state index < -0.39 is 0 Å². The first-order valence-corrected chi connectivity index (χ1v) is 6.12. The number of hydrogen-bond donors (Lipinski definition) is 1. The first kappa shape index (κ1) is 14.3. The summed E-state index contributed by atoms with van der Waals surface area (Å²) in [6, 6.07) is 8.71. The number of H-pyrrole nitrogens is 1. The predicted molar refractivity (Wildman–Crippen MR) is 74.7 cm³/mol. The van der Waals surface area contributed by atoms with E-state index in [-0.39, 0.29) is 5.41 Å². The minimum absolute atomic E-state index is 0.242. The van der Waals surface area contributed by atoms with Crippen molar-refractivity contribution in [3.8, 4) is 0 Å². The summed E-state index contributed by atoms with van der Waals surface area (Å²) in [6.07, 6.45) is 1.98. The van der Waals surface area contributed by atoms with E-state index in [1.54, 1.807) is 6.92 Å². The predicted octanol–water partition coefficient (Wildman–Crippen LogP) is 3.64. The highest BCUT2D eigenvalue weighted by atomic mass is 16.5. The summed E-state index contributed by atoms with van der Waals surface area (Å²) >= 11 is 0. The van der Waals surface area contributed by atoms with Crippen LogP contribution in [0.1, 0.15) is 33.3 Å². The molecule has 0 fully saturated rings.